The third-order valence-corrected chi connectivity index (χ3v) is 2.39. The lowest BCUT2D eigenvalue weighted by molar-refractivity contribution is -0.113. The molecule has 0 radical (unpaired) electrons. The van der Waals surface area contributed by atoms with E-state index in [1.807, 2.05) is 0 Å². The van der Waals surface area contributed by atoms with E-state index in [9.17, 15) is 4.79 Å². The Morgan fingerprint density at radius 3 is 2.88 bits per heavy atom. The van der Waals surface area contributed by atoms with Crippen LogP contribution < -0.4 is 5.73 Å². The summed E-state index contributed by atoms with van der Waals surface area (Å²) in [6, 6.07) is 0. The predicted octanol–water partition coefficient (Wildman–Crippen LogP) is 0.225. The molecule has 0 bridgehead atoms. The Labute approximate surface area is 52.8 Å². The smallest absolute Gasteiger partial charge is 0.193 e. The molecule has 0 aromatic heterocycles. The summed E-state index contributed by atoms with van der Waals surface area (Å²) >= 11 is 1.41. The molecule has 0 amide bonds. The maximum Gasteiger partial charge on any atom is 0.193 e. The van der Waals surface area contributed by atoms with Crippen molar-refractivity contribution in [1.29, 1.82) is 0 Å². The van der Waals surface area contributed by atoms with E-state index in [4.69, 9.17) is 5.73 Å². The van der Waals surface area contributed by atoms with Gasteiger partial charge in [0.2, 0.25) is 0 Å². The van der Waals surface area contributed by atoms with Crippen molar-refractivity contribution in [1.82, 2.24) is 0 Å². The number of nitrogens with two attached hydrogens (primary N) is 1. The second-order valence-electron chi connectivity index (χ2n) is 1.89. The second-order valence-corrected chi connectivity index (χ2v) is 2.99. The molecule has 0 spiro atoms. The first kappa shape index (κ1) is 6.11. The summed E-state index contributed by atoms with van der Waals surface area (Å²) < 4.78 is 0. The van der Waals surface area contributed by atoms with Gasteiger partial charge in [0.05, 0.1) is 0 Å². The monoisotopic (exact) mass is 131 g/mol. The second kappa shape index (κ2) is 2.51. The molecule has 2 N–H and O–H groups in total. The van der Waals surface area contributed by atoms with Gasteiger partial charge in [0.15, 0.2) is 5.12 Å². The van der Waals surface area contributed by atoms with Gasteiger partial charge in [-0.1, -0.05) is 11.8 Å². The number of hydrogen-bond donors (Lipinski definition) is 1. The van der Waals surface area contributed by atoms with E-state index in [0.29, 0.717) is 6.54 Å². The van der Waals surface area contributed by atoms with Crippen molar-refractivity contribution in [2.24, 2.45) is 11.7 Å². The van der Waals surface area contributed by atoms with Crippen LogP contribution in [0.2, 0.25) is 0 Å². The summed E-state index contributed by atoms with van der Waals surface area (Å²) in [5, 5.41) is 0.285. The molecule has 1 rings (SSSR count). The quantitative estimate of drug-likeness (QED) is 0.553. The van der Waals surface area contributed by atoms with Crippen LogP contribution in [0.1, 0.15) is 6.42 Å². The molecule has 0 aromatic carbocycles. The van der Waals surface area contributed by atoms with Gasteiger partial charge in [-0.25, -0.2) is 0 Å². The molecule has 1 aliphatic heterocycles. The summed E-state index contributed by atoms with van der Waals surface area (Å²) in [4.78, 5) is 10.7. The van der Waals surface area contributed by atoms with Gasteiger partial charge in [-0.15, -0.1) is 0 Å². The zero-order valence-corrected chi connectivity index (χ0v) is 5.41. The van der Waals surface area contributed by atoms with Crippen LogP contribution in [-0.4, -0.2) is 17.4 Å². The van der Waals surface area contributed by atoms with Crippen LogP contribution in [0.5, 0.6) is 0 Å². The maximum absolute atomic E-state index is 10.7. The maximum atomic E-state index is 10.7. The van der Waals surface area contributed by atoms with Crippen LogP contribution in [0.3, 0.4) is 0 Å². The molecule has 3 heteroatoms. The van der Waals surface area contributed by atoms with Crippen LogP contribution >= 0.6 is 11.8 Å². The zero-order chi connectivity index (χ0) is 5.98. The van der Waals surface area contributed by atoms with E-state index in [0.717, 1.165) is 12.2 Å². The number of carbonyl (C=O) groups excluding carboxylic acids is 1. The van der Waals surface area contributed by atoms with Crippen molar-refractivity contribution < 1.29 is 4.79 Å². The topological polar surface area (TPSA) is 43.1 Å². The van der Waals surface area contributed by atoms with E-state index in [-0.39, 0.29) is 11.0 Å². The first-order valence-corrected chi connectivity index (χ1v) is 3.70. The molecule has 46 valence electrons. The number of carbonyl (C=O) groups is 1. The van der Waals surface area contributed by atoms with E-state index in [1.54, 1.807) is 0 Å². The third-order valence-electron chi connectivity index (χ3n) is 1.33. The normalized spacial score (nSPS) is 29.1. The number of rotatable bonds is 1. The zero-order valence-electron chi connectivity index (χ0n) is 4.59. The first-order valence-electron chi connectivity index (χ1n) is 2.71. The minimum Gasteiger partial charge on any atom is -0.330 e. The molecule has 1 aliphatic rings. The Balaban J connectivity index is 2.42. The van der Waals surface area contributed by atoms with Crippen LogP contribution in [0.4, 0.5) is 0 Å². The summed E-state index contributed by atoms with van der Waals surface area (Å²) in [6.07, 6.45) is 0.986. The van der Waals surface area contributed by atoms with E-state index < -0.39 is 0 Å². The fraction of sp³-hybridized carbons (Fsp3) is 0.800. The molecule has 1 atom stereocenters. The Hall–Kier alpha value is -0.0200. The molecule has 0 aromatic rings. The highest BCUT2D eigenvalue weighted by Crippen LogP contribution is 2.23. The van der Waals surface area contributed by atoms with Crippen molar-refractivity contribution in [3.05, 3.63) is 0 Å². The highest BCUT2D eigenvalue weighted by Gasteiger charge is 2.22. The molecule has 0 saturated carbocycles. The summed E-state index contributed by atoms with van der Waals surface area (Å²) in [5.41, 5.74) is 5.29. The number of thioether (sulfide) groups is 1. The highest BCUT2D eigenvalue weighted by molar-refractivity contribution is 8.14. The van der Waals surface area contributed by atoms with Crippen LogP contribution in [0.25, 0.3) is 0 Å². The molecular weight excluding hydrogens is 122 g/mol. The van der Waals surface area contributed by atoms with Gasteiger partial charge in [-0.3, -0.25) is 4.79 Å². The predicted molar refractivity (Wildman–Crippen MR) is 34.6 cm³/mol. The minimum atomic E-state index is 0.167. The van der Waals surface area contributed by atoms with E-state index >= 15 is 0 Å². The van der Waals surface area contributed by atoms with Crippen LogP contribution in [-0.2, 0) is 4.79 Å². The fourth-order valence-corrected chi connectivity index (χ4v) is 1.80. The van der Waals surface area contributed by atoms with Crippen molar-refractivity contribution in [2.45, 2.75) is 6.42 Å². The standard InChI is InChI=1S/C5H9NOS/c6-3-4-1-2-8-5(4)7/h4H,1-3,6H2. The van der Waals surface area contributed by atoms with Crippen molar-refractivity contribution in [2.75, 3.05) is 12.3 Å². The average molecular weight is 131 g/mol. The van der Waals surface area contributed by atoms with E-state index in [1.165, 1.54) is 11.8 Å². The van der Waals surface area contributed by atoms with Crippen molar-refractivity contribution in [3.63, 3.8) is 0 Å². The van der Waals surface area contributed by atoms with E-state index in [2.05, 4.69) is 0 Å². The van der Waals surface area contributed by atoms with Gasteiger partial charge in [-0.2, -0.15) is 0 Å². The molecule has 8 heavy (non-hydrogen) atoms. The first-order chi connectivity index (χ1) is 3.84. The lowest BCUT2D eigenvalue weighted by Crippen LogP contribution is -2.16. The Kier molecular flexibility index (Phi) is 1.91. The van der Waals surface area contributed by atoms with Crippen molar-refractivity contribution in [3.8, 4) is 0 Å². The lowest BCUT2D eigenvalue weighted by Gasteiger charge is -1.97. The Morgan fingerprint density at radius 1 is 1.88 bits per heavy atom. The average Bonchev–Trinajstić information content (AvgIpc) is 2.14. The third kappa shape index (κ3) is 1.03. The van der Waals surface area contributed by atoms with Gasteiger partial charge >= 0.3 is 0 Å². The Morgan fingerprint density at radius 2 is 2.62 bits per heavy atom. The SMILES string of the molecule is NCC1CCSC1=O. The van der Waals surface area contributed by atoms with Gasteiger partial charge in [0.1, 0.15) is 0 Å². The van der Waals surface area contributed by atoms with Gasteiger partial charge in [-0.05, 0) is 6.42 Å². The molecule has 0 aliphatic carbocycles. The van der Waals surface area contributed by atoms with Gasteiger partial charge in [0.25, 0.3) is 0 Å². The largest absolute Gasteiger partial charge is 0.330 e. The van der Waals surface area contributed by atoms with Crippen molar-refractivity contribution >= 4 is 16.9 Å². The molecular formula is C5H9NOS. The minimum absolute atomic E-state index is 0.167. The molecule has 1 unspecified atom stereocenters. The molecule has 2 nitrogen and oxygen atoms in total. The summed E-state index contributed by atoms with van der Waals surface area (Å²) in [5.74, 6) is 1.14. The van der Waals surface area contributed by atoms with Gasteiger partial charge < -0.3 is 5.73 Å². The molecule has 1 fully saturated rings. The van der Waals surface area contributed by atoms with Crippen LogP contribution in [0.15, 0.2) is 0 Å². The Bertz CT molecular complexity index is 105. The summed E-state index contributed by atoms with van der Waals surface area (Å²) in [6.45, 7) is 0.534. The lowest BCUT2D eigenvalue weighted by atomic mass is 10.1. The highest BCUT2D eigenvalue weighted by atomic mass is 32.2. The van der Waals surface area contributed by atoms with Gasteiger partial charge in [0, 0.05) is 18.2 Å². The molecule has 1 heterocycles. The molecule has 1 saturated heterocycles. The number of hydrogen-bond acceptors (Lipinski definition) is 3. The van der Waals surface area contributed by atoms with Crippen LogP contribution in [0, 0.1) is 5.92 Å². The summed E-state index contributed by atoms with van der Waals surface area (Å²) in [7, 11) is 0. The fourth-order valence-electron chi connectivity index (χ4n) is 0.752.